The number of amides is 2. The Labute approximate surface area is 96.3 Å². The Hall–Kier alpha value is -1.14. The van der Waals surface area contributed by atoms with Crippen LogP contribution in [0.25, 0.3) is 0 Å². The van der Waals surface area contributed by atoms with E-state index in [-0.39, 0.29) is 18.5 Å². The standard InChI is InChI=1S/C10H22N4O2/c1-2-5-13-9(15)3-6-12-7-4-10(16)14-8-11/h12H,2-8,11H2,1H3,(H,13,15)(H,14,16). The van der Waals surface area contributed by atoms with Crippen molar-refractivity contribution in [2.24, 2.45) is 5.73 Å². The Kier molecular flexibility index (Phi) is 9.64. The Morgan fingerprint density at radius 3 is 2.06 bits per heavy atom. The summed E-state index contributed by atoms with van der Waals surface area (Å²) in [5.41, 5.74) is 5.14. The molecule has 0 aromatic heterocycles. The molecule has 2 amide bonds. The van der Waals surface area contributed by atoms with Crippen LogP contribution in [0.2, 0.25) is 0 Å². The fourth-order valence-electron chi connectivity index (χ4n) is 1.08. The molecule has 0 saturated heterocycles. The molecule has 94 valence electrons. The van der Waals surface area contributed by atoms with Crippen LogP contribution >= 0.6 is 0 Å². The number of carbonyl (C=O) groups excluding carboxylic acids is 2. The zero-order valence-electron chi connectivity index (χ0n) is 9.84. The number of hydrogen-bond donors (Lipinski definition) is 4. The SMILES string of the molecule is CCCNC(=O)CCNCCC(=O)NCN. The lowest BCUT2D eigenvalue weighted by Gasteiger charge is -2.05. The fourth-order valence-corrected chi connectivity index (χ4v) is 1.08. The number of nitrogens with one attached hydrogen (secondary N) is 3. The van der Waals surface area contributed by atoms with Crippen LogP contribution in [-0.4, -0.2) is 38.1 Å². The van der Waals surface area contributed by atoms with Gasteiger partial charge in [0, 0.05) is 32.5 Å². The summed E-state index contributed by atoms with van der Waals surface area (Å²) in [5, 5.41) is 8.29. The molecule has 0 bridgehead atoms. The van der Waals surface area contributed by atoms with Crippen LogP contribution in [0.4, 0.5) is 0 Å². The molecule has 0 fully saturated rings. The van der Waals surface area contributed by atoms with E-state index in [1.807, 2.05) is 6.92 Å². The molecule has 16 heavy (non-hydrogen) atoms. The predicted octanol–water partition coefficient (Wildman–Crippen LogP) is -1.09. The minimum Gasteiger partial charge on any atom is -0.356 e. The number of nitrogens with two attached hydrogens (primary N) is 1. The molecule has 6 nitrogen and oxygen atoms in total. The molecule has 5 N–H and O–H groups in total. The Morgan fingerprint density at radius 1 is 1.00 bits per heavy atom. The Balaban J connectivity index is 3.26. The zero-order valence-corrected chi connectivity index (χ0v) is 9.84. The second-order valence-corrected chi connectivity index (χ2v) is 3.40. The van der Waals surface area contributed by atoms with Gasteiger partial charge in [0.25, 0.3) is 0 Å². The van der Waals surface area contributed by atoms with Crippen molar-refractivity contribution in [3.63, 3.8) is 0 Å². The second kappa shape index (κ2) is 10.4. The topological polar surface area (TPSA) is 96.2 Å². The van der Waals surface area contributed by atoms with Crippen LogP contribution in [0.1, 0.15) is 26.2 Å². The van der Waals surface area contributed by atoms with Gasteiger partial charge in [-0.15, -0.1) is 0 Å². The Morgan fingerprint density at radius 2 is 1.56 bits per heavy atom. The molecule has 0 aliphatic rings. The summed E-state index contributed by atoms with van der Waals surface area (Å²) < 4.78 is 0. The van der Waals surface area contributed by atoms with Gasteiger partial charge in [0.1, 0.15) is 0 Å². The lowest BCUT2D eigenvalue weighted by molar-refractivity contribution is -0.121. The molecular weight excluding hydrogens is 208 g/mol. The molecule has 0 aliphatic heterocycles. The molecule has 6 heteroatoms. The van der Waals surface area contributed by atoms with E-state index in [1.165, 1.54) is 0 Å². The van der Waals surface area contributed by atoms with Crippen LogP contribution in [0.3, 0.4) is 0 Å². The summed E-state index contributed by atoms with van der Waals surface area (Å²) in [6.45, 7) is 4.04. The van der Waals surface area contributed by atoms with Gasteiger partial charge < -0.3 is 21.7 Å². The first kappa shape index (κ1) is 14.9. The fraction of sp³-hybridized carbons (Fsp3) is 0.800. The average molecular weight is 230 g/mol. The van der Waals surface area contributed by atoms with Gasteiger partial charge in [-0.3, -0.25) is 9.59 Å². The van der Waals surface area contributed by atoms with Gasteiger partial charge in [-0.2, -0.15) is 0 Å². The maximum atomic E-state index is 11.2. The van der Waals surface area contributed by atoms with Gasteiger partial charge in [-0.25, -0.2) is 0 Å². The van der Waals surface area contributed by atoms with Crippen molar-refractivity contribution >= 4 is 11.8 Å². The van der Waals surface area contributed by atoms with Crippen molar-refractivity contribution in [3.8, 4) is 0 Å². The van der Waals surface area contributed by atoms with Gasteiger partial charge in [0.2, 0.25) is 11.8 Å². The van der Waals surface area contributed by atoms with Crippen LogP contribution in [-0.2, 0) is 9.59 Å². The number of hydrogen-bond acceptors (Lipinski definition) is 4. The van der Waals surface area contributed by atoms with E-state index in [4.69, 9.17) is 5.73 Å². The largest absolute Gasteiger partial charge is 0.356 e. The summed E-state index contributed by atoms with van der Waals surface area (Å²) in [7, 11) is 0. The monoisotopic (exact) mass is 230 g/mol. The molecule has 0 aromatic carbocycles. The summed E-state index contributed by atoms with van der Waals surface area (Å²) in [6, 6.07) is 0. The minimum absolute atomic E-state index is 0.0424. The third-order valence-corrected chi connectivity index (χ3v) is 1.93. The normalized spacial score (nSPS) is 9.88. The molecule has 0 heterocycles. The van der Waals surface area contributed by atoms with Crippen LogP contribution in [0, 0.1) is 0 Å². The quantitative estimate of drug-likeness (QED) is 0.299. The smallest absolute Gasteiger partial charge is 0.222 e. The van der Waals surface area contributed by atoms with E-state index in [9.17, 15) is 9.59 Å². The molecule has 0 spiro atoms. The lowest BCUT2D eigenvalue weighted by Crippen LogP contribution is -2.33. The van der Waals surface area contributed by atoms with Crippen LogP contribution in [0.5, 0.6) is 0 Å². The molecule has 0 aromatic rings. The second-order valence-electron chi connectivity index (χ2n) is 3.40. The summed E-state index contributed by atoms with van der Waals surface area (Å²) in [5.74, 6) is -0.0359. The highest BCUT2D eigenvalue weighted by Gasteiger charge is 2.00. The summed E-state index contributed by atoms with van der Waals surface area (Å²) >= 11 is 0. The van der Waals surface area contributed by atoms with E-state index < -0.39 is 0 Å². The number of rotatable bonds is 9. The molecule has 0 atom stereocenters. The molecule has 0 aliphatic carbocycles. The van der Waals surface area contributed by atoms with Crippen molar-refractivity contribution in [2.75, 3.05) is 26.3 Å². The lowest BCUT2D eigenvalue weighted by atomic mass is 10.3. The highest BCUT2D eigenvalue weighted by molar-refractivity contribution is 5.76. The van der Waals surface area contributed by atoms with Crippen molar-refractivity contribution in [1.82, 2.24) is 16.0 Å². The maximum absolute atomic E-state index is 11.2. The van der Waals surface area contributed by atoms with Crippen LogP contribution < -0.4 is 21.7 Å². The van der Waals surface area contributed by atoms with E-state index in [2.05, 4.69) is 16.0 Å². The maximum Gasteiger partial charge on any atom is 0.222 e. The molecular formula is C10H22N4O2. The predicted molar refractivity (Wildman–Crippen MR) is 62.6 cm³/mol. The van der Waals surface area contributed by atoms with E-state index in [0.717, 1.165) is 13.0 Å². The first-order valence-electron chi connectivity index (χ1n) is 5.64. The van der Waals surface area contributed by atoms with Gasteiger partial charge >= 0.3 is 0 Å². The van der Waals surface area contributed by atoms with Crippen molar-refractivity contribution in [1.29, 1.82) is 0 Å². The molecule has 0 saturated carbocycles. The highest BCUT2D eigenvalue weighted by atomic mass is 16.2. The highest BCUT2D eigenvalue weighted by Crippen LogP contribution is 1.81. The average Bonchev–Trinajstić information content (AvgIpc) is 2.26. The first-order valence-corrected chi connectivity index (χ1v) is 5.64. The summed E-state index contributed by atoms with van der Waals surface area (Å²) in [6.07, 6.45) is 1.77. The van der Waals surface area contributed by atoms with Crippen LogP contribution in [0.15, 0.2) is 0 Å². The molecule has 0 unspecified atom stereocenters. The minimum atomic E-state index is -0.0783. The third kappa shape index (κ3) is 9.42. The van der Waals surface area contributed by atoms with E-state index in [0.29, 0.717) is 25.9 Å². The van der Waals surface area contributed by atoms with Gasteiger partial charge in [0.15, 0.2) is 0 Å². The summed E-state index contributed by atoms with van der Waals surface area (Å²) in [4.78, 5) is 22.1. The number of carbonyl (C=O) groups is 2. The zero-order chi connectivity index (χ0) is 12.2. The molecule has 0 radical (unpaired) electrons. The van der Waals surface area contributed by atoms with Crippen molar-refractivity contribution < 1.29 is 9.59 Å². The first-order chi connectivity index (χ1) is 7.70. The van der Waals surface area contributed by atoms with Gasteiger partial charge in [-0.1, -0.05) is 6.92 Å². The Bertz CT molecular complexity index is 209. The third-order valence-electron chi connectivity index (χ3n) is 1.93. The van der Waals surface area contributed by atoms with E-state index >= 15 is 0 Å². The van der Waals surface area contributed by atoms with Gasteiger partial charge in [-0.05, 0) is 6.42 Å². The van der Waals surface area contributed by atoms with E-state index in [1.54, 1.807) is 0 Å². The molecule has 0 rings (SSSR count). The van der Waals surface area contributed by atoms with Crippen molar-refractivity contribution in [2.45, 2.75) is 26.2 Å². The van der Waals surface area contributed by atoms with Gasteiger partial charge in [0.05, 0.1) is 6.67 Å². The van der Waals surface area contributed by atoms with Crippen molar-refractivity contribution in [3.05, 3.63) is 0 Å².